The lowest BCUT2D eigenvalue weighted by atomic mass is 10.0. The van der Waals surface area contributed by atoms with E-state index in [9.17, 15) is 32.3 Å². The van der Waals surface area contributed by atoms with Crippen LogP contribution in [0.5, 0.6) is 0 Å². The first-order chi connectivity index (χ1) is 19.3. The number of anilines is 1. The number of piperidine rings is 1. The second kappa shape index (κ2) is 10.1. The average molecular weight is 570 g/mol. The van der Waals surface area contributed by atoms with Gasteiger partial charge in [0.1, 0.15) is 23.9 Å². The topological polar surface area (TPSA) is 141 Å². The Kier molecular flexibility index (Phi) is 6.87. The number of amides is 3. The van der Waals surface area contributed by atoms with Gasteiger partial charge in [-0.05, 0) is 44.4 Å². The van der Waals surface area contributed by atoms with E-state index in [-0.39, 0.29) is 63.6 Å². The van der Waals surface area contributed by atoms with Crippen LogP contribution in [0.3, 0.4) is 0 Å². The number of nitrogens with zero attached hydrogens (tertiary/aromatic N) is 5. The maximum Gasteiger partial charge on any atom is 0.417 e. The molecule has 1 aliphatic rings. The van der Waals surface area contributed by atoms with E-state index in [4.69, 9.17) is 0 Å². The predicted molar refractivity (Wildman–Crippen MR) is 142 cm³/mol. The van der Waals surface area contributed by atoms with Crippen molar-refractivity contribution in [3.63, 3.8) is 0 Å². The van der Waals surface area contributed by atoms with Crippen molar-refractivity contribution < 1.29 is 27.6 Å². The fourth-order valence-corrected chi connectivity index (χ4v) is 5.05. The number of fused-ring (bicyclic) bond motifs is 2. The molecule has 2 N–H and O–H groups in total. The van der Waals surface area contributed by atoms with Gasteiger partial charge >= 0.3 is 6.18 Å². The Balaban J connectivity index is 1.50. The van der Waals surface area contributed by atoms with Crippen molar-refractivity contribution in [2.45, 2.75) is 65.2 Å². The molecule has 1 saturated heterocycles. The molecule has 4 aromatic rings. The summed E-state index contributed by atoms with van der Waals surface area (Å²) in [5, 5.41) is 9.04. The first-order valence-electron chi connectivity index (χ1n) is 12.9. The zero-order valence-corrected chi connectivity index (χ0v) is 22.6. The first kappa shape index (κ1) is 27.9. The van der Waals surface area contributed by atoms with Gasteiger partial charge in [0.15, 0.2) is 5.65 Å². The highest BCUT2D eigenvalue weighted by Crippen LogP contribution is 2.37. The van der Waals surface area contributed by atoms with Crippen molar-refractivity contribution >= 4 is 45.3 Å². The highest BCUT2D eigenvalue weighted by atomic mass is 19.4. The Morgan fingerprint density at radius 3 is 2.56 bits per heavy atom. The Labute approximate surface area is 230 Å². The summed E-state index contributed by atoms with van der Waals surface area (Å²) < 4.78 is 44.0. The van der Waals surface area contributed by atoms with Gasteiger partial charge in [-0.1, -0.05) is 19.9 Å². The molecule has 14 heteroatoms. The Bertz CT molecular complexity index is 1810. The number of para-hydroxylation sites is 1. The molecule has 4 heterocycles. The van der Waals surface area contributed by atoms with Gasteiger partial charge in [-0.3, -0.25) is 29.1 Å². The molecule has 3 aromatic heterocycles. The minimum Gasteiger partial charge on any atom is -0.323 e. The number of aryl methyl sites for hydroxylation is 2. The second-order valence-corrected chi connectivity index (χ2v) is 10.2. The highest BCUT2D eigenvalue weighted by molar-refractivity contribution is 6.01. The van der Waals surface area contributed by atoms with Crippen LogP contribution in [0.15, 0.2) is 29.1 Å². The van der Waals surface area contributed by atoms with Crippen LogP contribution in [0.25, 0.3) is 21.9 Å². The van der Waals surface area contributed by atoms with Gasteiger partial charge in [0, 0.05) is 12.1 Å². The Morgan fingerprint density at radius 2 is 1.90 bits per heavy atom. The number of halogens is 3. The molecule has 1 unspecified atom stereocenters. The fourth-order valence-electron chi connectivity index (χ4n) is 5.05. The van der Waals surface area contributed by atoms with Crippen molar-refractivity contribution in [1.29, 1.82) is 0 Å². The maximum absolute atomic E-state index is 13.9. The van der Waals surface area contributed by atoms with Gasteiger partial charge in [-0.15, -0.1) is 0 Å². The number of hydrogen-bond donors (Lipinski definition) is 2. The minimum absolute atomic E-state index is 0.0600. The summed E-state index contributed by atoms with van der Waals surface area (Å²) >= 11 is 0. The van der Waals surface area contributed by atoms with Crippen molar-refractivity contribution in [2.75, 3.05) is 5.32 Å². The smallest absolute Gasteiger partial charge is 0.323 e. The SMILES string of the molecule is Cc1nn(CC(=O)Nc2cccc3c(=O)n(C4CCC(=O)NC4=O)c(C)nc23)c2nc(C(C)C)cc(C(F)(F)F)c12. The van der Waals surface area contributed by atoms with Crippen LogP contribution >= 0.6 is 0 Å². The van der Waals surface area contributed by atoms with Crippen molar-refractivity contribution in [3.8, 4) is 0 Å². The van der Waals surface area contributed by atoms with Gasteiger partial charge in [-0.25, -0.2) is 14.6 Å². The molecule has 3 amide bonds. The molecule has 1 atom stereocenters. The molecule has 214 valence electrons. The average Bonchev–Trinajstić information content (AvgIpc) is 3.19. The number of benzene rings is 1. The van der Waals surface area contributed by atoms with Crippen LogP contribution < -0.4 is 16.2 Å². The van der Waals surface area contributed by atoms with Crippen LogP contribution in [-0.4, -0.2) is 42.0 Å². The second-order valence-electron chi connectivity index (χ2n) is 10.2. The third-order valence-corrected chi connectivity index (χ3v) is 6.99. The standard InChI is InChI=1S/C27H26F3N7O4/c1-12(2)18-10-16(27(28,29)30)22-13(3)35-36(24(22)33-18)11-21(39)32-17-7-5-6-15-23(17)31-14(4)37(26(15)41)19-8-9-20(38)34-25(19)40/h5-7,10,12,19H,8-9,11H2,1-4H3,(H,32,39)(H,34,38,40). The quantitative estimate of drug-likeness (QED) is 0.351. The first-order valence-corrected chi connectivity index (χ1v) is 12.9. The van der Waals surface area contributed by atoms with Crippen molar-refractivity contribution in [2.24, 2.45) is 0 Å². The molecule has 0 spiro atoms. The summed E-state index contributed by atoms with van der Waals surface area (Å²) in [5.74, 6) is -1.73. The van der Waals surface area contributed by atoms with Crippen LogP contribution in [0, 0.1) is 13.8 Å². The molecule has 0 aliphatic carbocycles. The van der Waals surface area contributed by atoms with Gasteiger partial charge in [0.25, 0.3) is 5.56 Å². The van der Waals surface area contributed by atoms with E-state index in [1.54, 1.807) is 13.8 Å². The van der Waals surface area contributed by atoms with Crippen LogP contribution in [0.2, 0.25) is 0 Å². The summed E-state index contributed by atoms with van der Waals surface area (Å²) in [6.07, 6.45) is -4.41. The van der Waals surface area contributed by atoms with Crippen molar-refractivity contribution in [1.82, 2.24) is 29.6 Å². The molecule has 0 bridgehead atoms. The minimum atomic E-state index is -4.64. The van der Waals surface area contributed by atoms with Crippen LogP contribution in [0.4, 0.5) is 18.9 Å². The normalized spacial score (nSPS) is 16.0. The van der Waals surface area contributed by atoms with Gasteiger partial charge in [-0.2, -0.15) is 18.3 Å². The van der Waals surface area contributed by atoms with E-state index in [2.05, 4.69) is 25.7 Å². The van der Waals surface area contributed by atoms with Gasteiger partial charge < -0.3 is 5.32 Å². The number of alkyl halides is 3. The zero-order chi connectivity index (χ0) is 29.8. The van der Waals surface area contributed by atoms with Gasteiger partial charge in [0.05, 0.1) is 27.7 Å². The molecule has 1 aromatic carbocycles. The maximum atomic E-state index is 13.9. The Hall–Kier alpha value is -4.62. The summed E-state index contributed by atoms with van der Waals surface area (Å²) in [7, 11) is 0. The number of imide groups is 1. The summed E-state index contributed by atoms with van der Waals surface area (Å²) in [5.41, 5.74) is -0.772. The third kappa shape index (κ3) is 5.05. The number of pyridine rings is 1. The molecule has 11 nitrogen and oxygen atoms in total. The largest absolute Gasteiger partial charge is 0.417 e. The number of carbonyl (C=O) groups excluding carboxylic acids is 3. The molecule has 0 radical (unpaired) electrons. The number of carbonyl (C=O) groups is 3. The fraction of sp³-hybridized carbons (Fsp3) is 0.370. The van der Waals surface area contributed by atoms with Crippen LogP contribution in [0.1, 0.15) is 61.4 Å². The molecular weight excluding hydrogens is 543 g/mol. The Morgan fingerprint density at radius 1 is 1.17 bits per heavy atom. The summed E-state index contributed by atoms with van der Waals surface area (Å²) in [4.78, 5) is 59.3. The lowest BCUT2D eigenvalue weighted by molar-refractivity contribution is -0.137. The van der Waals surface area contributed by atoms with Crippen LogP contribution in [-0.2, 0) is 27.1 Å². The van der Waals surface area contributed by atoms with E-state index in [0.717, 1.165) is 10.7 Å². The molecule has 1 aliphatic heterocycles. The number of hydrogen-bond acceptors (Lipinski definition) is 7. The molecule has 1 fully saturated rings. The third-order valence-electron chi connectivity index (χ3n) is 6.99. The lowest BCUT2D eigenvalue weighted by Gasteiger charge is -2.24. The summed E-state index contributed by atoms with van der Waals surface area (Å²) in [6, 6.07) is 4.67. The van der Waals surface area contributed by atoms with E-state index in [0.29, 0.717) is 0 Å². The number of aromatic nitrogens is 5. The van der Waals surface area contributed by atoms with Gasteiger partial charge in [0.2, 0.25) is 17.7 Å². The van der Waals surface area contributed by atoms with E-state index >= 15 is 0 Å². The number of nitrogens with one attached hydrogen (secondary N) is 2. The van der Waals surface area contributed by atoms with E-state index in [1.807, 2.05) is 0 Å². The molecule has 41 heavy (non-hydrogen) atoms. The van der Waals surface area contributed by atoms with Crippen molar-refractivity contribution in [3.05, 3.63) is 57.4 Å². The monoisotopic (exact) mass is 569 g/mol. The van der Waals surface area contributed by atoms with E-state index in [1.165, 1.54) is 36.6 Å². The summed E-state index contributed by atoms with van der Waals surface area (Å²) in [6.45, 7) is 5.96. The lowest BCUT2D eigenvalue weighted by Crippen LogP contribution is -2.45. The molecular formula is C27H26F3N7O4. The predicted octanol–water partition coefficient (Wildman–Crippen LogP) is 3.52. The zero-order valence-electron chi connectivity index (χ0n) is 22.6. The molecule has 5 rings (SSSR count). The number of rotatable bonds is 5. The highest BCUT2D eigenvalue weighted by Gasteiger charge is 2.36. The van der Waals surface area contributed by atoms with E-state index < -0.39 is 47.6 Å². The molecule has 0 saturated carbocycles.